The minimum Gasteiger partial charge on any atom is -0.367 e. The second-order valence-corrected chi connectivity index (χ2v) is 4.49. The molecule has 2 nitrogen and oxygen atoms in total. The van der Waals surface area contributed by atoms with Crippen molar-refractivity contribution in [3.8, 4) is 0 Å². The minimum absolute atomic E-state index is 0. The summed E-state index contributed by atoms with van der Waals surface area (Å²) < 4.78 is 0. The first kappa shape index (κ1) is 13.3. The molecule has 16 heavy (non-hydrogen) atoms. The summed E-state index contributed by atoms with van der Waals surface area (Å²) in [5, 5.41) is 0. The van der Waals surface area contributed by atoms with Crippen molar-refractivity contribution in [2.24, 2.45) is 5.73 Å². The van der Waals surface area contributed by atoms with E-state index in [1.54, 1.807) is 0 Å². The Labute approximate surface area is 104 Å². The topological polar surface area (TPSA) is 29.3 Å². The first-order chi connectivity index (χ1) is 7.22. The molecule has 1 saturated heterocycles. The van der Waals surface area contributed by atoms with Gasteiger partial charge in [-0.05, 0) is 49.9 Å². The number of halogens is 1. The molecule has 0 aromatic heterocycles. The second kappa shape index (κ2) is 5.55. The zero-order valence-electron chi connectivity index (χ0n) is 10.1. The van der Waals surface area contributed by atoms with Crippen molar-refractivity contribution in [3.63, 3.8) is 0 Å². The number of hydrogen-bond acceptors (Lipinski definition) is 2. The maximum atomic E-state index is 5.79. The Morgan fingerprint density at radius 3 is 2.69 bits per heavy atom. The molecule has 1 aliphatic rings. The third-order valence-electron chi connectivity index (χ3n) is 3.47. The van der Waals surface area contributed by atoms with Gasteiger partial charge in [0.2, 0.25) is 0 Å². The Morgan fingerprint density at radius 1 is 1.31 bits per heavy atom. The van der Waals surface area contributed by atoms with Crippen LogP contribution in [0.1, 0.15) is 24.0 Å². The SMILES string of the molecule is Cc1ccc(N2CCCC2CN)cc1C.Cl. The van der Waals surface area contributed by atoms with Gasteiger partial charge in [0.1, 0.15) is 0 Å². The van der Waals surface area contributed by atoms with E-state index in [2.05, 4.69) is 36.9 Å². The number of nitrogens with zero attached hydrogens (tertiary/aromatic N) is 1. The summed E-state index contributed by atoms with van der Waals surface area (Å²) >= 11 is 0. The third-order valence-corrected chi connectivity index (χ3v) is 3.47. The molecule has 0 aliphatic carbocycles. The average Bonchev–Trinajstić information content (AvgIpc) is 2.70. The number of anilines is 1. The molecule has 1 aromatic carbocycles. The molecular formula is C13H21ClN2. The van der Waals surface area contributed by atoms with Gasteiger partial charge in [-0.2, -0.15) is 0 Å². The Bertz CT molecular complexity index is 352. The van der Waals surface area contributed by atoms with E-state index < -0.39 is 0 Å². The summed E-state index contributed by atoms with van der Waals surface area (Å²) in [6, 6.07) is 7.25. The van der Waals surface area contributed by atoms with Crippen molar-refractivity contribution in [2.75, 3.05) is 18.0 Å². The molecule has 0 amide bonds. The first-order valence-corrected chi connectivity index (χ1v) is 5.76. The van der Waals surface area contributed by atoms with Gasteiger partial charge < -0.3 is 10.6 Å². The van der Waals surface area contributed by atoms with Gasteiger partial charge in [0.15, 0.2) is 0 Å². The minimum atomic E-state index is 0. The first-order valence-electron chi connectivity index (χ1n) is 5.76. The molecular weight excluding hydrogens is 220 g/mol. The summed E-state index contributed by atoms with van der Waals surface area (Å²) in [4.78, 5) is 2.45. The van der Waals surface area contributed by atoms with Crippen LogP contribution in [0, 0.1) is 13.8 Å². The third kappa shape index (κ3) is 2.50. The molecule has 1 heterocycles. The van der Waals surface area contributed by atoms with E-state index in [-0.39, 0.29) is 12.4 Å². The van der Waals surface area contributed by atoms with E-state index in [9.17, 15) is 0 Å². The lowest BCUT2D eigenvalue weighted by atomic mass is 10.1. The van der Waals surface area contributed by atoms with Crippen molar-refractivity contribution < 1.29 is 0 Å². The fraction of sp³-hybridized carbons (Fsp3) is 0.538. The highest BCUT2D eigenvalue weighted by Crippen LogP contribution is 2.26. The van der Waals surface area contributed by atoms with Gasteiger partial charge in [0.25, 0.3) is 0 Å². The summed E-state index contributed by atoms with van der Waals surface area (Å²) in [5.74, 6) is 0. The van der Waals surface area contributed by atoms with Crippen LogP contribution in [0.5, 0.6) is 0 Å². The van der Waals surface area contributed by atoms with Gasteiger partial charge in [0, 0.05) is 24.8 Å². The smallest absolute Gasteiger partial charge is 0.0412 e. The van der Waals surface area contributed by atoms with Crippen LogP contribution < -0.4 is 10.6 Å². The lowest BCUT2D eigenvalue weighted by molar-refractivity contribution is 0.677. The summed E-state index contributed by atoms with van der Waals surface area (Å²) in [7, 11) is 0. The molecule has 1 atom stereocenters. The predicted molar refractivity (Wildman–Crippen MR) is 72.6 cm³/mol. The van der Waals surface area contributed by atoms with E-state index in [1.165, 1.54) is 29.7 Å². The molecule has 1 fully saturated rings. The highest BCUT2D eigenvalue weighted by atomic mass is 35.5. The van der Waals surface area contributed by atoms with Crippen molar-refractivity contribution in [1.82, 2.24) is 0 Å². The average molecular weight is 241 g/mol. The number of nitrogens with two attached hydrogens (primary N) is 1. The fourth-order valence-corrected chi connectivity index (χ4v) is 2.32. The maximum Gasteiger partial charge on any atom is 0.0412 e. The largest absolute Gasteiger partial charge is 0.367 e. The Morgan fingerprint density at radius 2 is 2.06 bits per heavy atom. The van der Waals surface area contributed by atoms with E-state index in [0.717, 1.165) is 13.1 Å². The molecule has 2 N–H and O–H groups in total. The lowest BCUT2D eigenvalue weighted by Crippen LogP contribution is -2.35. The van der Waals surface area contributed by atoms with Crippen molar-refractivity contribution in [2.45, 2.75) is 32.7 Å². The van der Waals surface area contributed by atoms with Crippen LogP contribution in [0.2, 0.25) is 0 Å². The van der Waals surface area contributed by atoms with Gasteiger partial charge in [0.05, 0.1) is 0 Å². The van der Waals surface area contributed by atoms with Crippen molar-refractivity contribution in [1.29, 1.82) is 0 Å². The highest BCUT2D eigenvalue weighted by Gasteiger charge is 2.23. The zero-order valence-corrected chi connectivity index (χ0v) is 10.9. The fourth-order valence-electron chi connectivity index (χ4n) is 2.32. The van der Waals surface area contributed by atoms with Crippen LogP contribution in [0.15, 0.2) is 18.2 Å². The van der Waals surface area contributed by atoms with Crippen LogP contribution in [0.3, 0.4) is 0 Å². The van der Waals surface area contributed by atoms with Crippen LogP contribution in [-0.2, 0) is 0 Å². The van der Waals surface area contributed by atoms with E-state index in [4.69, 9.17) is 5.73 Å². The van der Waals surface area contributed by atoms with Gasteiger partial charge in [-0.25, -0.2) is 0 Å². The summed E-state index contributed by atoms with van der Waals surface area (Å²) in [6.45, 7) is 6.26. The van der Waals surface area contributed by atoms with Crippen LogP contribution in [0.25, 0.3) is 0 Å². The van der Waals surface area contributed by atoms with Crippen LogP contribution in [0.4, 0.5) is 5.69 Å². The summed E-state index contributed by atoms with van der Waals surface area (Å²) in [5.41, 5.74) is 9.86. The Hall–Kier alpha value is -0.730. The molecule has 0 bridgehead atoms. The van der Waals surface area contributed by atoms with Crippen molar-refractivity contribution >= 4 is 18.1 Å². The standard InChI is InChI=1S/C13H20N2.ClH/c1-10-5-6-12(8-11(10)2)15-7-3-4-13(15)9-14;/h5-6,8,13H,3-4,7,9,14H2,1-2H3;1H. The molecule has 0 spiro atoms. The molecule has 1 aromatic rings. The second-order valence-electron chi connectivity index (χ2n) is 4.49. The van der Waals surface area contributed by atoms with E-state index >= 15 is 0 Å². The zero-order chi connectivity index (χ0) is 10.8. The molecule has 90 valence electrons. The van der Waals surface area contributed by atoms with E-state index in [0.29, 0.717) is 6.04 Å². The van der Waals surface area contributed by atoms with E-state index in [1.807, 2.05) is 0 Å². The highest BCUT2D eigenvalue weighted by molar-refractivity contribution is 5.85. The van der Waals surface area contributed by atoms with Gasteiger partial charge >= 0.3 is 0 Å². The lowest BCUT2D eigenvalue weighted by Gasteiger charge is -2.26. The summed E-state index contributed by atoms with van der Waals surface area (Å²) in [6.07, 6.45) is 2.51. The number of hydrogen-bond donors (Lipinski definition) is 1. The predicted octanol–water partition coefficient (Wildman–Crippen LogP) is 2.65. The van der Waals surface area contributed by atoms with Gasteiger partial charge in [-0.1, -0.05) is 6.07 Å². The molecule has 3 heteroatoms. The van der Waals surface area contributed by atoms with Gasteiger partial charge in [-0.15, -0.1) is 12.4 Å². The molecule has 1 aliphatic heterocycles. The molecule has 2 rings (SSSR count). The normalized spacial score (nSPS) is 19.7. The van der Waals surface area contributed by atoms with Crippen LogP contribution >= 0.6 is 12.4 Å². The number of rotatable bonds is 2. The molecule has 1 unspecified atom stereocenters. The molecule has 0 saturated carbocycles. The van der Waals surface area contributed by atoms with Crippen LogP contribution in [-0.4, -0.2) is 19.1 Å². The maximum absolute atomic E-state index is 5.79. The number of benzene rings is 1. The monoisotopic (exact) mass is 240 g/mol. The number of aryl methyl sites for hydroxylation is 2. The van der Waals surface area contributed by atoms with Crippen molar-refractivity contribution in [3.05, 3.63) is 29.3 Å². The quantitative estimate of drug-likeness (QED) is 0.861. The molecule has 0 radical (unpaired) electrons. The Kier molecular flexibility index (Phi) is 4.63. The Balaban J connectivity index is 0.00000128. The van der Waals surface area contributed by atoms with Gasteiger partial charge in [-0.3, -0.25) is 0 Å².